The molecule has 1 heterocycles. The van der Waals surface area contributed by atoms with Crippen LogP contribution in [0.15, 0.2) is 0 Å². The van der Waals surface area contributed by atoms with Gasteiger partial charge >= 0.3 is 0 Å². The summed E-state index contributed by atoms with van der Waals surface area (Å²) in [5, 5.41) is 9.91. The standard InChI is InChI=1S/C10H20O2S/c1-8(2)12-7-9(11)10(3)5-4-6-13-10/h8-9,11H,4-7H2,1-3H3. The van der Waals surface area contributed by atoms with Crippen molar-refractivity contribution in [2.75, 3.05) is 12.4 Å². The molecule has 3 heteroatoms. The van der Waals surface area contributed by atoms with E-state index in [9.17, 15) is 5.11 Å². The second-order valence-electron chi connectivity index (χ2n) is 4.16. The van der Waals surface area contributed by atoms with Crippen LogP contribution in [-0.2, 0) is 4.74 Å². The Bertz CT molecular complexity index is 153. The van der Waals surface area contributed by atoms with E-state index in [1.54, 1.807) is 0 Å². The van der Waals surface area contributed by atoms with Crippen LogP contribution < -0.4 is 0 Å². The summed E-state index contributed by atoms with van der Waals surface area (Å²) < 4.78 is 5.45. The van der Waals surface area contributed by atoms with Crippen LogP contribution in [-0.4, -0.2) is 34.4 Å². The molecule has 78 valence electrons. The summed E-state index contributed by atoms with van der Waals surface area (Å²) >= 11 is 1.87. The van der Waals surface area contributed by atoms with Gasteiger partial charge < -0.3 is 9.84 Å². The fourth-order valence-electron chi connectivity index (χ4n) is 1.52. The van der Waals surface area contributed by atoms with E-state index < -0.39 is 0 Å². The molecule has 0 amide bonds. The maximum atomic E-state index is 9.91. The molecule has 2 atom stereocenters. The predicted molar refractivity (Wildman–Crippen MR) is 57.2 cm³/mol. The zero-order valence-electron chi connectivity index (χ0n) is 8.75. The number of aliphatic hydroxyl groups excluding tert-OH is 1. The number of thioether (sulfide) groups is 1. The molecule has 0 aromatic rings. The first kappa shape index (κ1) is 11.3. The molecule has 0 aromatic heterocycles. The molecule has 0 radical (unpaired) electrons. The Morgan fingerprint density at radius 2 is 2.23 bits per heavy atom. The molecule has 0 aliphatic carbocycles. The molecule has 1 aliphatic heterocycles. The Morgan fingerprint density at radius 1 is 1.54 bits per heavy atom. The molecule has 2 nitrogen and oxygen atoms in total. The summed E-state index contributed by atoms with van der Waals surface area (Å²) in [6.45, 7) is 6.61. The van der Waals surface area contributed by atoms with E-state index in [2.05, 4.69) is 6.92 Å². The minimum absolute atomic E-state index is 0.0366. The summed E-state index contributed by atoms with van der Waals surface area (Å²) in [5.74, 6) is 1.18. The first-order chi connectivity index (χ1) is 6.04. The summed E-state index contributed by atoms with van der Waals surface area (Å²) in [6, 6.07) is 0. The van der Waals surface area contributed by atoms with Crippen LogP contribution in [0.1, 0.15) is 33.6 Å². The fourth-order valence-corrected chi connectivity index (χ4v) is 2.83. The van der Waals surface area contributed by atoms with Gasteiger partial charge in [-0.05, 0) is 39.4 Å². The molecule has 1 aliphatic rings. The third-order valence-corrected chi connectivity index (χ3v) is 4.17. The van der Waals surface area contributed by atoms with E-state index >= 15 is 0 Å². The molecule has 0 aromatic carbocycles. The Hall–Kier alpha value is 0.270. The van der Waals surface area contributed by atoms with Crippen LogP contribution in [0.25, 0.3) is 0 Å². The lowest BCUT2D eigenvalue weighted by atomic mass is 9.99. The average Bonchev–Trinajstić information content (AvgIpc) is 2.49. The summed E-state index contributed by atoms with van der Waals surface area (Å²) in [4.78, 5) is 0. The number of hydrogen-bond acceptors (Lipinski definition) is 3. The van der Waals surface area contributed by atoms with Crippen molar-refractivity contribution in [3.63, 3.8) is 0 Å². The van der Waals surface area contributed by atoms with Gasteiger partial charge in [-0.25, -0.2) is 0 Å². The normalized spacial score (nSPS) is 31.2. The fraction of sp³-hybridized carbons (Fsp3) is 1.00. The van der Waals surface area contributed by atoms with Crippen LogP contribution in [0.5, 0.6) is 0 Å². The van der Waals surface area contributed by atoms with Crippen LogP contribution in [0, 0.1) is 0 Å². The molecule has 0 spiro atoms. The molecule has 1 saturated heterocycles. The molecule has 1 rings (SSSR count). The second kappa shape index (κ2) is 4.67. The van der Waals surface area contributed by atoms with Gasteiger partial charge in [0.05, 0.1) is 18.8 Å². The van der Waals surface area contributed by atoms with Gasteiger partial charge in [-0.2, -0.15) is 11.8 Å². The van der Waals surface area contributed by atoms with Gasteiger partial charge in [0.1, 0.15) is 0 Å². The number of ether oxygens (including phenoxy) is 1. The molecular weight excluding hydrogens is 184 g/mol. The first-order valence-electron chi connectivity index (χ1n) is 4.98. The van der Waals surface area contributed by atoms with Crippen molar-refractivity contribution in [1.29, 1.82) is 0 Å². The first-order valence-corrected chi connectivity index (χ1v) is 5.97. The van der Waals surface area contributed by atoms with Gasteiger partial charge in [0.2, 0.25) is 0 Å². The van der Waals surface area contributed by atoms with Crippen molar-refractivity contribution in [2.45, 2.75) is 50.6 Å². The summed E-state index contributed by atoms with van der Waals surface area (Å²) in [6.07, 6.45) is 2.23. The highest BCUT2D eigenvalue weighted by Crippen LogP contribution is 2.40. The van der Waals surface area contributed by atoms with Crippen LogP contribution >= 0.6 is 11.8 Å². The SMILES string of the molecule is CC(C)OCC(O)C1(C)CCCS1. The highest BCUT2D eigenvalue weighted by atomic mass is 32.2. The van der Waals surface area contributed by atoms with Crippen molar-refractivity contribution in [3.05, 3.63) is 0 Å². The van der Waals surface area contributed by atoms with Gasteiger partial charge in [-0.15, -0.1) is 0 Å². The Morgan fingerprint density at radius 3 is 2.69 bits per heavy atom. The number of rotatable bonds is 4. The largest absolute Gasteiger partial charge is 0.389 e. The zero-order chi connectivity index (χ0) is 9.90. The maximum Gasteiger partial charge on any atom is 0.0917 e. The topological polar surface area (TPSA) is 29.5 Å². The molecule has 0 bridgehead atoms. The van der Waals surface area contributed by atoms with Gasteiger partial charge in [0, 0.05) is 4.75 Å². The number of aliphatic hydroxyl groups is 1. The predicted octanol–water partition coefficient (Wildman–Crippen LogP) is 2.06. The minimum atomic E-state index is -0.317. The smallest absolute Gasteiger partial charge is 0.0917 e. The third-order valence-electron chi connectivity index (χ3n) is 2.54. The van der Waals surface area contributed by atoms with Gasteiger partial charge in [-0.1, -0.05) is 0 Å². The van der Waals surface area contributed by atoms with Crippen molar-refractivity contribution in [1.82, 2.24) is 0 Å². The number of hydrogen-bond donors (Lipinski definition) is 1. The lowest BCUT2D eigenvalue weighted by Crippen LogP contribution is -2.38. The van der Waals surface area contributed by atoms with E-state index in [1.165, 1.54) is 12.2 Å². The van der Waals surface area contributed by atoms with Crippen molar-refractivity contribution in [2.24, 2.45) is 0 Å². The van der Waals surface area contributed by atoms with E-state index in [4.69, 9.17) is 4.74 Å². The third kappa shape index (κ3) is 3.15. The molecule has 2 unspecified atom stereocenters. The lowest BCUT2D eigenvalue weighted by Gasteiger charge is -2.29. The van der Waals surface area contributed by atoms with Crippen molar-refractivity contribution < 1.29 is 9.84 Å². The molecule has 13 heavy (non-hydrogen) atoms. The van der Waals surface area contributed by atoms with Gasteiger partial charge in [0.15, 0.2) is 0 Å². The van der Waals surface area contributed by atoms with E-state index in [-0.39, 0.29) is 17.0 Å². The van der Waals surface area contributed by atoms with E-state index in [0.717, 1.165) is 6.42 Å². The van der Waals surface area contributed by atoms with E-state index in [0.29, 0.717) is 6.61 Å². The summed E-state index contributed by atoms with van der Waals surface area (Å²) in [5.41, 5.74) is 0. The Labute approximate surface area is 85.0 Å². The highest BCUT2D eigenvalue weighted by Gasteiger charge is 2.36. The van der Waals surface area contributed by atoms with Gasteiger partial charge in [-0.3, -0.25) is 0 Å². The quantitative estimate of drug-likeness (QED) is 0.760. The monoisotopic (exact) mass is 204 g/mol. The molecule has 0 saturated carbocycles. The van der Waals surface area contributed by atoms with Crippen LogP contribution in [0.3, 0.4) is 0 Å². The second-order valence-corrected chi connectivity index (χ2v) is 5.79. The summed E-state index contributed by atoms with van der Waals surface area (Å²) in [7, 11) is 0. The Balaban J connectivity index is 2.33. The molecular formula is C10H20O2S. The van der Waals surface area contributed by atoms with Crippen molar-refractivity contribution in [3.8, 4) is 0 Å². The molecule has 1 fully saturated rings. The zero-order valence-corrected chi connectivity index (χ0v) is 9.56. The van der Waals surface area contributed by atoms with E-state index in [1.807, 2.05) is 25.6 Å². The van der Waals surface area contributed by atoms with Crippen molar-refractivity contribution >= 4 is 11.8 Å². The lowest BCUT2D eigenvalue weighted by molar-refractivity contribution is -0.00844. The van der Waals surface area contributed by atoms with Crippen LogP contribution in [0.4, 0.5) is 0 Å². The van der Waals surface area contributed by atoms with Gasteiger partial charge in [0.25, 0.3) is 0 Å². The minimum Gasteiger partial charge on any atom is -0.389 e. The maximum absolute atomic E-state index is 9.91. The van der Waals surface area contributed by atoms with Crippen LogP contribution in [0.2, 0.25) is 0 Å². The highest BCUT2D eigenvalue weighted by molar-refractivity contribution is 8.00. The molecule has 1 N–H and O–H groups in total. The average molecular weight is 204 g/mol. The Kier molecular flexibility index (Phi) is 4.07.